The molecule has 2 saturated heterocycles. The van der Waals surface area contributed by atoms with Crippen LogP contribution in [0.2, 0.25) is 0 Å². The molecule has 0 aromatic heterocycles. The topological polar surface area (TPSA) is 35.9 Å². The third-order valence-corrected chi connectivity index (χ3v) is 4.03. The maximum Gasteiger partial charge on any atom is 0.240 e. The first-order valence-electron chi connectivity index (χ1n) is 6.64. The minimum Gasteiger partial charge on any atom is -0.366 e. The fourth-order valence-electron chi connectivity index (χ4n) is 3.08. The SMILES string of the molecule is O=C=Nc1ccc(N2CCN3CCCC3C2)c(F)c1. The predicted molar refractivity (Wildman–Crippen MR) is 71.0 cm³/mol. The number of halogens is 1. The lowest BCUT2D eigenvalue weighted by Gasteiger charge is -2.38. The van der Waals surface area contributed by atoms with E-state index in [4.69, 9.17) is 0 Å². The molecule has 0 saturated carbocycles. The first-order chi connectivity index (χ1) is 9.28. The Morgan fingerprint density at radius 1 is 1.32 bits per heavy atom. The zero-order valence-electron chi connectivity index (χ0n) is 10.7. The first kappa shape index (κ1) is 12.3. The van der Waals surface area contributed by atoms with Gasteiger partial charge in [-0.3, -0.25) is 4.90 Å². The summed E-state index contributed by atoms with van der Waals surface area (Å²) in [7, 11) is 0. The van der Waals surface area contributed by atoms with Gasteiger partial charge in [-0.25, -0.2) is 9.18 Å². The number of hydrogen-bond acceptors (Lipinski definition) is 4. The minimum atomic E-state index is -0.317. The Morgan fingerprint density at radius 3 is 3.00 bits per heavy atom. The molecule has 2 aliphatic heterocycles. The molecule has 0 aliphatic carbocycles. The Morgan fingerprint density at radius 2 is 2.21 bits per heavy atom. The van der Waals surface area contributed by atoms with Gasteiger partial charge in [-0.05, 0) is 31.5 Å². The highest BCUT2D eigenvalue weighted by atomic mass is 19.1. The van der Waals surface area contributed by atoms with Gasteiger partial charge in [0, 0.05) is 31.7 Å². The number of hydrogen-bond donors (Lipinski definition) is 0. The van der Waals surface area contributed by atoms with Crippen LogP contribution in [-0.2, 0) is 4.79 Å². The summed E-state index contributed by atoms with van der Waals surface area (Å²) in [6.07, 6.45) is 3.87. The van der Waals surface area contributed by atoms with Gasteiger partial charge in [0.2, 0.25) is 6.08 Å². The molecule has 4 nitrogen and oxygen atoms in total. The fourth-order valence-corrected chi connectivity index (χ4v) is 3.08. The average Bonchev–Trinajstić information content (AvgIpc) is 2.86. The monoisotopic (exact) mass is 261 g/mol. The van der Waals surface area contributed by atoms with Crippen LogP contribution in [0, 0.1) is 5.82 Å². The maximum absolute atomic E-state index is 14.1. The highest BCUT2D eigenvalue weighted by Crippen LogP contribution is 2.29. The van der Waals surface area contributed by atoms with Crippen molar-refractivity contribution in [2.45, 2.75) is 18.9 Å². The van der Waals surface area contributed by atoms with Crippen LogP contribution in [0.5, 0.6) is 0 Å². The van der Waals surface area contributed by atoms with Crippen LogP contribution >= 0.6 is 0 Å². The van der Waals surface area contributed by atoms with Crippen molar-refractivity contribution in [1.29, 1.82) is 0 Å². The van der Waals surface area contributed by atoms with Crippen LogP contribution in [0.3, 0.4) is 0 Å². The van der Waals surface area contributed by atoms with Gasteiger partial charge < -0.3 is 4.90 Å². The molecular weight excluding hydrogens is 245 g/mol. The standard InChI is InChI=1S/C14H16FN3O/c15-13-8-11(16-10-19)3-4-14(13)18-7-6-17-5-1-2-12(17)9-18/h3-4,8,12H,1-2,5-7,9H2. The number of aliphatic imine (C=N–C) groups is 1. The number of anilines is 1. The van der Waals surface area contributed by atoms with Gasteiger partial charge in [0.1, 0.15) is 5.82 Å². The molecule has 0 radical (unpaired) electrons. The molecule has 100 valence electrons. The summed E-state index contributed by atoms with van der Waals surface area (Å²) in [5, 5.41) is 0. The number of fused-ring (bicyclic) bond motifs is 1. The number of isocyanates is 1. The zero-order valence-corrected chi connectivity index (χ0v) is 10.7. The van der Waals surface area contributed by atoms with E-state index in [1.807, 2.05) is 0 Å². The van der Waals surface area contributed by atoms with E-state index in [0.29, 0.717) is 17.4 Å². The van der Waals surface area contributed by atoms with Crippen molar-refractivity contribution in [3.63, 3.8) is 0 Å². The Kier molecular flexibility index (Phi) is 3.32. The number of benzene rings is 1. The quantitative estimate of drug-likeness (QED) is 0.604. The number of nitrogens with zero attached hydrogens (tertiary/aromatic N) is 3. The smallest absolute Gasteiger partial charge is 0.240 e. The highest BCUT2D eigenvalue weighted by Gasteiger charge is 2.31. The molecule has 2 heterocycles. The summed E-state index contributed by atoms with van der Waals surface area (Å²) >= 11 is 0. The summed E-state index contributed by atoms with van der Waals surface area (Å²) < 4.78 is 14.1. The van der Waals surface area contributed by atoms with Crippen molar-refractivity contribution >= 4 is 17.5 Å². The van der Waals surface area contributed by atoms with Gasteiger partial charge in [-0.1, -0.05) is 0 Å². The second kappa shape index (κ2) is 5.11. The molecule has 1 aromatic carbocycles. The van der Waals surface area contributed by atoms with Gasteiger partial charge in [0.15, 0.2) is 0 Å². The lowest BCUT2D eigenvalue weighted by molar-refractivity contribution is 0.230. The Labute approximate surface area is 111 Å². The van der Waals surface area contributed by atoms with Gasteiger partial charge in [0.05, 0.1) is 11.4 Å². The molecule has 19 heavy (non-hydrogen) atoms. The Bertz CT molecular complexity index is 527. The molecule has 2 aliphatic rings. The molecule has 0 bridgehead atoms. The molecule has 1 atom stereocenters. The number of rotatable bonds is 2. The van der Waals surface area contributed by atoms with Crippen molar-refractivity contribution < 1.29 is 9.18 Å². The molecule has 0 spiro atoms. The van der Waals surface area contributed by atoms with Crippen LogP contribution < -0.4 is 4.90 Å². The van der Waals surface area contributed by atoms with E-state index in [-0.39, 0.29) is 5.82 Å². The van der Waals surface area contributed by atoms with Gasteiger partial charge >= 0.3 is 0 Å². The Hall–Kier alpha value is -1.71. The first-order valence-corrected chi connectivity index (χ1v) is 6.64. The van der Waals surface area contributed by atoms with Crippen molar-refractivity contribution in [2.75, 3.05) is 31.1 Å². The van der Waals surface area contributed by atoms with E-state index in [1.165, 1.54) is 31.5 Å². The van der Waals surface area contributed by atoms with E-state index in [2.05, 4.69) is 14.8 Å². The largest absolute Gasteiger partial charge is 0.366 e. The average molecular weight is 261 g/mol. The number of piperazine rings is 1. The van der Waals surface area contributed by atoms with Crippen molar-refractivity contribution in [1.82, 2.24) is 4.90 Å². The van der Waals surface area contributed by atoms with Crippen LogP contribution in [-0.4, -0.2) is 43.2 Å². The van der Waals surface area contributed by atoms with Crippen LogP contribution in [0.4, 0.5) is 15.8 Å². The van der Waals surface area contributed by atoms with E-state index < -0.39 is 0 Å². The zero-order chi connectivity index (χ0) is 13.2. The fraction of sp³-hybridized carbons (Fsp3) is 0.500. The second-order valence-electron chi connectivity index (χ2n) is 5.12. The van der Waals surface area contributed by atoms with Crippen LogP contribution in [0.15, 0.2) is 23.2 Å². The molecule has 1 aromatic rings. The summed E-state index contributed by atoms with van der Waals surface area (Å²) in [5.74, 6) is -0.317. The lowest BCUT2D eigenvalue weighted by atomic mass is 10.1. The van der Waals surface area contributed by atoms with E-state index in [1.54, 1.807) is 12.1 Å². The van der Waals surface area contributed by atoms with Crippen molar-refractivity contribution in [2.24, 2.45) is 4.99 Å². The lowest BCUT2D eigenvalue weighted by Crippen LogP contribution is -2.50. The Balaban J connectivity index is 1.80. The molecule has 0 amide bonds. The second-order valence-corrected chi connectivity index (χ2v) is 5.12. The van der Waals surface area contributed by atoms with Gasteiger partial charge in [-0.15, -0.1) is 0 Å². The van der Waals surface area contributed by atoms with E-state index >= 15 is 0 Å². The highest BCUT2D eigenvalue weighted by molar-refractivity contribution is 5.57. The van der Waals surface area contributed by atoms with Crippen LogP contribution in [0.25, 0.3) is 0 Å². The summed E-state index contributed by atoms with van der Waals surface area (Å²) in [5.41, 5.74) is 0.923. The predicted octanol–water partition coefficient (Wildman–Crippen LogP) is 2.08. The minimum absolute atomic E-state index is 0.316. The van der Waals surface area contributed by atoms with Crippen molar-refractivity contribution in [3.8, 4) is 0 Å². The molecule has 5 heteroatoms. The van der Waals surface area contributed by atoms with Gasteiger partial charge in [0.25, 0.3) is 0 Å². The third-order valence-electron chi connectivity index (χ3n) is 4.03. The van der Waals surface area contributed by atoms with Crippen LogP contribution in [0.1, 0.15) is 12.8 Å². The summed E-state index contributed by atoms with van der Waals surface area (Å²) in [6.45, 7) is 3.91. The summed E-state index contributed by atoms with van der Waals surface area (Å²) in [4.78, 5) is 18.2. The van der Waals surface area contributed by atoms with E-state index in [0.717, 1.165) is 19.6 Å². The van der Waals surface area contributed by atoms with E-state index in [9.17, 15) is 9.18 Å². The molecule has 3 rings (SSSR count). The summed E-state index contributed by atoms with van der Waals surface area (Å²) in [6, 6.07) is 5.21. The molecule has 2 fully saturated rings. The molecule has 0 N–H and O–H groups in total. The molecule has 1 unspecified atom stereocenters. The maximum atomic E-state index is 14.1. The van der Waals surface area contributed by atoms with Gasteiger partial charge in [-0.2, -0.15) is 4.99 Å². The number of carbonyl (C=O) groups excluding carboxylic acids is 1. The third kappa shape index (κ3) is 2.39. The molecular formula is C14H16FN3O. The normalized spacial score (nSPS) is 23.0. The van der Waals surface area contributed by atoms with Crippen molar-refractivity contribution in [3.05, 3.63) is 24.0 Å².